The largest absolute Gasteiger partial charge is 0.481 e. The number of ether oxygens (including phenoxy) is 1. The second-order valence-corrected chi connectivity index (χ2v) is 6.23. The monoisotopic (exact) mass is 384 g/mol. The molecule has 0 saturated carbocycles. The van der Waals surface area contributed by atoms with Gasteiger partial charge in [0.05, 0.1) is 0 Å². The molecule has 0 bridgehead atoms. The summed E-state index contributed by atoms with van der Waals surface area (Å²) in [6.45, 7) is -2.44. The Bertz CT molecular complexity index is 666. The molecule has 1 aromatic carbocycles. The number of nitrogens with one attached hydrogen (secondary N) is 1. The Morgan fingerprint density at radius 2 is 1.89 bits per heavy atom. The van der Waals surface area contributed by atoms with Crippen LogP contribution in [0.2, 0.25) is 0 Å². The van der Waals surface area contributed by atoms with Crippen molar-refractivity contribution in [2.45, 2.75) is 51.2 Å². The van der Waals surface area contributed by atoms with E-state index in [1.54, 1.807) is 0 Å². The van der Waals surface area contributed by atoms with E-state index in [0.29, 0.717) is 37.9 Å². The Morgan fingerprint density at radius 1 is 1.22 bits per heavy atom. The molecule has 2 N–H and O–H groups in total. The summed E-state index contributed by atoms with van der Waals surface area (Å²) in [5.74, 6) is -1.45. The number of carbonyl (C=O) groups excluding carboxylic acids is 2. The molecule has 1 aliphatic heterocycles. The average molecular weight is 384 g/mol. The number of carboxylic acids is 1. The summed E-state index contributed by atoms with van der Waals surface area (Å²) >= 11 is 0. The van der Waals surface area contributed by atoms with Gasteiger partial charge in [0.15, 0.2) is 0 Å². The average Bonchev–Trinajstić information content (AvgIpc) is 2.61. The van der Waals surface area contributed by atoms with Crippen LogP contribution in [0.25, 0.3) is 0 Å². The first-order valence-corrected chi connectivity index (χ1v) is 8.74. The van der Waals surface area contributed by atoms with Crippen LogP contribution in [0.3, 0.4) is 0 Å². The minimum Gasteiger partial charge on any atom is -0.481 e. The number of anilines is 1. The molecule has 1 unspecified atom stereocenters. The standard InChI is InChI=1S/C18H22F2N2O5/c19-18(20)27-13-9-7-12(8-10-13)22-11-3-4-14(17(22)26)21-15(23)5-1-2-6-16(24)25/h7-10,14,18H,1-6,11H2,(H,21,23)(H,24,25). The lowest BCUT2D eigenvalue weighted by Gasteiger charge is -2.32. The van der Waals surface area contributed by atoms with E-state index in [4.69, 9.17) is 5.11 Å². The number of carboxylic acid groups (broad SMARTS) is 1. The first-order chi connectivity index (χ1) is 12.9. The summed E-state index contributed by atoms with van der Waals surface area (Å²) in [5, 5.41) is 11.3. The van der Waals surface area contributed by atoms with Crippen molar-refractivity contribution in [2.24, 2.45) is 0 Å². The number of alkyl halides is 2. The number of hydrogen-bond acceptors (Lipinski definition) is 4. The van der Waals surface area contributed by atoms with Crippen molar-refractivity contribution in [3.8, 4) is 5.75 Å². The van der Waals surface area contributed by atoms with Crippen LogP contribution in [-0.4, -0.2) is 42.1 Å². The predicted octanol–water partition coefficient (Wildman–Crippen LogP) is 2.54. The molecule has 9 heteroatoms. The van der Waals surface area contributed by atoms with E-state index in [2.05, 4.69) is 10.1 Å². The molecule has 1 saturated heterocycles. The molecular formula is C18H22F2N2O5. The van der Waals surface area contributed by atoms with Crippen molar-refractivity contribution in [1.82, 2.24) is 5.32 Å². The Kier molecular flexibility index (Phi) is 7.51. The minimum absolute atomic E-state index is 0.00409. The zero-order valence-electron chi connectivity index (χ0n) is 14.7. The van der Waals surface area contributed by atoms with Crippen molar-refractivity contribution in [2.75, 3.05) is 11.4 Å². The third kappa shape index (κ3) is 6.50. The molecule has 1 fully saturated rings. The quantitative estimate of drug-likeness (QED) is 0.638. The second kappa shape index (κ2) is 9.84. The van der Waals surface area contributed by atoms with Gasteiger partial charge >= 0.3 is 12.6 Å². The highest BCUT2D eigenvalue weighted by molar-refractivity contribution is 5.99. The number of amides is 2. The van der Waals surface area contributed by atoms with Crippen LogP contribution in [0.1, 0.15) is 38.5 Å². The second-order valence-electron chi connectivity index (χ2n) is 6.23. The molecule has 2 amide bonds. The van der Waals surface area contributed by atoms with Crippen LogP contribution in [0.15, 0.2) is 24.3 Å². The summed E-state index contributed by atoms with van der Waals surface area (Å²) < 4.78 is 28.7. The van der Waals surface area contributed by atoms with Crippen LogP contribution in [-0.2, 0) is 14.4 Å². The number of piperidine rings is 1. The van der Waals surface area contributed by atoms with Crippen molar-refractivity contribution in [3.05, 3.63) is 24.3 Å². The molecule has 1 aliphatic rings. The highest BCUT2D eigenvalue weighted by Gasteiger charge is 2.30. The van der Waals surface area contributed by atoms with Crippen LogP contribution in [0.5, 0.6) is 5.75 Å². The maximum atomic E-state index is 12.6. The van der Waals surface area contributed by atoms with Crippen molar-refractivity contribution < 1.29 is 33.0 Å². The van der Waals surface area contributed by atoms with Crippen LogP contribution in [0, 0.1) is 0 Å². The van der Waals surface area contributed by atoms with Gasteiger partial charge in [-0.15, -0.1) is 0 Å². The number of rotatable bonds is 9. The third-order valence-corrected chi connectivity index (χ3v) is 4.19. The number of nitrogens with zero attached hydrogens (tertiary/aromatic N) is 1. The Balaban J connectivity index is 1.89. The molecule has 2 rings (SSSR count). The first-order valence-electron chi connectivity index (χ1n) is 8.74. The highest BCUT2D eigenvalue weighted by atomic mass is 19.3. The molecule has 1 aromatic rings. The highest BCUT2D eigenvalue weighted by Crippen LogP contribution is 2.24. The summed E-state index contributed by atoms with van der Waals surface area (Å²) in [5.41, 5.74) is 0.544. The molecule has 148 valence electrons. The van der Waals surface area contributed by atoms with Gasteiger partial charge in [0.25, 0.3) is 0 Å². The molecule has 0 aromatic heterocycles. The van der Waals surface area contributed by atoms with Crippen molar-refractivity contribution >= 4 is 23.5 Å². The van der Waals surface area contributed by atoms with Crippen LogP contribution < -0.4 is 15.0 Å². The number of aliphatic carboxylic acids is 1. The summed E-state index contributed by atoms with van der Waals surface area (Å²) in [6.07, 6.45) is 2.22. The molecule has 0 spiro atoms. The normalized spacial score (nSPS) is 17.1. The fourth-order valence-corrected chi connectivity index (χ4v) is 2.90. The van der Waals surface area contributed by atoms with E-state index in [1.807, 2.05) is 0 Å². The smallest absolute Gasteiger partial charge is 0.387 e. The fourth-order valence-electron chi connectivity index (χ4n) is 2.90. The van der Waals surface area contributed by atoms with Crippen molar-refractivity contribution in [1.29, 1.82) is 0 Å². The number of hydrogen-bond donors (Lipinski definition) is 2. The number of halogens is 2. The summed E-state index contributed by atoms with van der Waals surface area (Å²) in [6, 6.07) is 5.11. The van der Waals surface area contributed by atoms with Crippen molar-refractivity contribution in [3.63, 3.8) is 0 Å². The zero-order valence-corrected chi connectivity index (χ0v) is 14.7. The molecule has 0 aliphatic carbocycles. The zero-order chi connectivity index (χ0) is 19.8. The van der Waals surface area contributed by atoms with Gasteiger partial charge in [-0.1, -0.05) is 0 Å². The topological polar surface area (TPSA) is 95.9 Å². The predicted molar refractivity (Wildman–Crippen MR) is 92.7 cm³/mol. The molecular weight excluding hydrogens is 362 g/mol. The molecule has 7 nitrogen and oxygen atoms in total. The number of unbranched alkanes of at least 4 members (excludes halogenated alkanes) is 1. The lowest BCUT2D eigenvalue weighted by molar-refractivity contribution is -0.137. The Morgan fingerprint density at radius 3 is 2.52 bits per heavy atom. The van der Waals surface area contributed by atoms with E-state index >= 15 is 0 Å². The maximum absolute atomic E-state index is 12.6. The van der Waals surface area contributed by atoms with E-state index in [9.17, 15) is 23.2 Å². The minimum atomic E-state index is -2.91. The van der Waals surface area contributed by atoms with Gasteiger partial charge in [-0.05, 0) is 49.9 Å². The Labute approximate surface area is 155 Å². The summed E-state index contributed by atoms with van der Waals surface area (Å²) in [7, 11) is 0. The van der Waals surface area contributed by atoms with Gasteiger partial charge in [0.1, 0.15) is 11.8 Å². The summed E-state index contributed by atoms with van der Waals surface area (Å²) in [4.78, 5) is 36.6. The van der Waals surface area contributed by atoms with Gasteiger partial charge in [-0.3, -0.25) is 14.4 Å². The van der Waals surface area contributed by atoms with Crippen LogP contribution >= 0.6 is 0 Å². The first kappa shape index (κ1) is 20.6. The number of carbonyl (C=O) groups is 3. The van der Waals surface area contributed by atoms with E-state index in [-0.39, 0.29) is 30.4 Å². The van der Waals surface area contributed by atoms with E-state index < -0.39 is 18.6 Å². The third-order valence-electron chi connectivity index (χ3n) is 4.19. The van der Waals surface area contributed by atoms with Gasteiger partial charge in [-0.2, -0.15) is 8.78 Å². The van der Waals surface area contributed by atoms with Gasteiger partial charge in [-0.25, -0.2) is 0 Å². The molecule has 0 radical (unpaired) electrons. The maximum Gasteiger partial charge on any atom is 0.387 e. The van der Waals surface area contributed by atoms with Gasteiger partial charge < -0.3 is 20.1 Å². The number of benzene rings is 1. The van der Waals surface area contributed by atoms with E-state index in [0.717, 1.165) is 0 Å². The SMILES string of the molecule is O=C(O)CCCCC(=O)NC1CCCN(c2ccc(OC(F)F)cc2)C1=O. The lowest BCUT2D eigenvalue weighted by atomic mass is 10.0. The Hall–Kier alpha value is -2.71. The molecule has 1 heterocycles. The van der Waals surface area contributed by atoms with Crippen LogP contribution in [0.4, 0.5) is 14.5 Å². The molecule has 27 heavy (non-hydrogen) atoms. The van der Waals surface area contributed by atoms with E-state index in [1.165, 1.54) is 29.2 Å². The molecule has 1 atom stereocenters. The fraction of sp³-hybridized carbons (Fsp3) is 0.500. The lowest BCUT2D eigenvalue weighted by Crippen LogP contribution is -2.52. The van der Waals surface area contributed by atoms with Gasteiger partial charge in [0, 0.05) is 25.1 Å². The van der Waals surface area contributed by atoms with Gasteiger partial charge in [0.2, 0.25) is 11.8 Å².